The van der Waals surface area contributed by atoms with Gasteiger partial charge in [-0.2, -0.15) is 0 Å². The molecule has 0 aromatic heterocycles. The minimum atomic E-state index is -1.02. The Morgan fingerprint density at radius 1 is 1.10 bits per heavy atom. The Morgan fingerprint density at radius 2 is 1.80 bits per heavy atom. The molecule has 30 heavy (non-hydrogen) atoms. The Hall–Kier alpha value is -2.74. The fourth-order valence-electron chi connectivity index (χ4n) is 2.62. The lowest BCUT2D eigenvalue weighted by atomic mass is 10.2. The summed E-state index contributed by atoms with van der Waals surface area (Å²) in [6, 6.07) is 8.50. The van der Waals surface area contributed by atoms with Gasteiger partial charge < -0.3 is 24.3 Å². The average Bonchev–Trinajstić information content (AvgIpc) is 2.72. The first-order valence-corrected chi connectivity index (χ1v) is 10.3. The molecule has 0 aliphatic carbocycles. The van der Waals surface area contributed by atoms with Crippen molar-refractivity contribution >= 4 is 33.5 Å². The molecule has 0 radical (unpaired) electrons. The van der Waals surface area contributed by atoms with Gasteiger partial charge in [0.1, 0.15) is 5.75 Å². The fraction of sp³-hybridized carbons (Fsp3) is 0.364. The van der Waals surface area contributed by atoms with Gasteiger partial charge in [0.25, 0.3) is 5.91 Å². The number of benzene rings is 2. The predicted octanol–water partition coefficient (Wildman–Crippen LogP) is 4.75. The first-order chi connectivity index (χ1) is 14.3. The normalized spacial score (nSPS) is 11.4. The minimum Gasteiger partial charge on any atom is -0.495 e. The van der Waals surface area contributed by atoms with Crippen molar-refractivity contribution in [3.05, 3.63) is 45.9 Å². The third kappa shape index (κ3) is 5.89. The van der Waals surface area contributed by atoms with Crippen LogP contribution in [-0.4, -0.2) is 38.8 Å². The number of aryl methyl sites for hydroxylation is 1. The second-order valence-corrected chi connectivity index (χ2v) is 7.43. The molecule has 2 aromatic rings. The van der Waals surface area contributed by atoms with E-state index in [0.717, 1.165) is 12.0 Å². The second kappa shape index (κ2) is 10.9. The molecule has 1 atom stereocenters. The fourth-order valence-corrected chi connectivity index (χ4v) is 3.17. The maximum absolute atomic E-state index is 12.6. The van der Waals surface area contributed by atoms with Crippen molar-refractivity contribution in [2.24, 2.45) is 0 Å². The van der Waals surface area contributed by atoms with Gasteiger partial charge in [-0.3, -0.25) is 4.79 Å². The minimum absolute atomic E-state index is 0.232. The molecular formula is C22H26BrNO6. The highest BCUT2D eigenvalue weighted by atomic mass is 79.9. The van der Waals surface area contributed by atoms with Gasteiger partial charge in [0.15, 0.2) is 17.6 Å². The highest BCUT2D eigenvalue weighted by Gasteiger charge is 2.22. The van der Waals surface area contributed by atoms with Gasteiger partial charge in [0, 0.05) is 0 Å². The number of hydrogen-bond acceptors (Lipinski definition) is 6. The molecule has 0 aliphatic rings. The molecule has 1 N–H and O–H groups in total. The summed E-state index contributed by atoms with van der Waals surface area (Å²) in [6.07, 6.45) is -0.193. The molecule has 0 saturated heterocycles. The van der Waals surface area contributed by atoms with Crippen molar-refractivity contribution in [3.8, 4) is 17.2 Å². The third-order valence-electron chi connectivity index (χ3n) is 4.18. The topological polar surface area (TPSA) is 83.1 Å². The molecule has 0 saturated carbocycles. The first kappa shape index (κ1) is 23.5. The van der Waals surface area contributed by atoms with Crippen molar-refractivity contribution in [3.63, 3.8) is 0 Å². The Kier molecular flexibility index (Phi) is 8.53. The highest BCUT2D eigenvalue weighted by Crippen LogP contribution is 2.37. The molecule has 0 fully saturated rings. The molecule has 0 heterocycles. The van der Waals surface area contributed by atoms with Crippen molar-refractivity contribution in [2.45, 2.75) is 33.3 Å². The Balaban J connectivity index is 2.12. The number of amides is 1. The SMILES string of the molecule is CCCOc1c(Br)cc(C(=O)OC(C)C(=O)Nc2cc(C)ccc2OC)cc1OC. The zero-order valence-corrected chi connectivity index (χ0v) is 19.3. The number of halogens is 1. The van der Waals surface area contributed by atoms with E-state index in [1.54, 1.807) is 18.2 Å². The van der Waals surface area contributed by atoms with Crippen LogP contribution in [0.15, 0.2) is 34.8 Å². The van der Waals surface area contributed by atoms with Crippen LogP contribution in [0.4, 0.5) is 5.69 Å². The molecule has 2 rings (SSSR count). The molecule has 0 spiro atoms. The van der Waals surface area contributed by atoms with E-state index < -0.39 is 18.0 Å². The van der Waals surface area contributed by atoms with Gasteiger partial charge in [0.2, 0.25) is 0 Å². The van der Waals surface area contributed by atoms with Crippen LogP contribution in [0.3, 0.4) is 0 Å². The highest BCUT2D eigenvalue weighted by molar-refractivity contribution is 9.10. The number of esters is 1. The maximum atomic E-state index is 12.6. The van der Waals surface area contributed by atoms with Crippen molar-refractivity contribution < 1.29 is 28.5 Å². The monoisotopic (exact) mass is 479 g/mol. The molecule has 162 valence electrons. The van der Waals surface area contributed by atoms with Crippen LogP contribution in [0, 0.1) is 6.92 Å². The molecular weight excluding hydrogens is 454 g/mol. The average molecular weight is 480 g/mol. The van der Waals surface area contributed by atoms with Crippen LogP contribution in [0.2, 0.25) is 0 Å². The molecule has 2 aromatic carbocycles. The summed E-state index contributed by atoms with van der Waals surface area (Å²) in [5, 5.41) is 2.73. The zero-order chi connectivity index (χ0) is 22.3. The van der Waals surface area contributed by atoms with Crippen LogP contribution in [-0.2, 0) is 9.53 Å². The van der Waals surface area contributed by atoms with E-state index in [1.165, 1.54) is 27.2 Å². The van der Waals surface area contributed by atoms with Gasteiger partial charge in [-0.1, -0.05) is 13.0 Å². The van der Waals surface area contributed by atoms with E-state index in [9.17, 15) is 9.59 Å². The largest absolute Gasteiger partial charge is 0.495 e. The predicted molar refractivity (Wildman–Crippen MR) is 118 cm³/mol. The van der Waals surface area contributed by atoms with E-state index in [-0.39, 0.29) is 5.56 Å². The van der Waals surface area contributed by atoms with Crippen LogP contribution >= 0.6 is 15.9 Å². The standard InChI is InChI=1S/C22H26BrNO6/c1-6-9-29-20-16(23)11-15(12-19(20)28-5)22(26)30-14(3)21(25)24-17-10-13(2)7-8-18(17)27-4/h7-8,10-12,14H,6,9H2,1-5H3,(H,24,25). The van der Waals surface area contributed by atoms with Gasteiger partial charge in [0.05, 0.1) is 36.6 Å². The van der Waals surface area contributed by atoms with Crippen molar-refractivity contribution in [1.29, 1.82) is 0 Å². The van der Waals surface area contributed by atoms with Crippen LogP contribution < -0.4 is 19.5 Å². The van der Waals surface area contributed by atoms with Crippen LogP contribution in [0.25, 0.3) is 0 Å². The number of carbonyl (C=O) groups is 2. The van der Waals surface area contributed by atoms with Crippen LogP contribution in [0.5, 0.6) is 17.2 Å². The van der Waals surface area contributed by atoms with E-state index in [4.69, 9.17) is 18.9 Å². The summed E-state index contributed by atoms with van der Waals surface area (Å²) in [4.78, 5) is 25.1. The Labute approximate surface area is 184 Å². The maximum Gasteiger partial charge on any atom is 0.339 e. The van der Waals surface area contributed by atoms with Gasteiger partial charge in [-0.15, -0.1) is 0 Å². The number of hydrogen-bond donors (Lipinski definition) is 1. The second-order valence-electron chi connectivity index (χ2n) is 6.58. The number of anilines is 1. The zero-order valence-electron chi connectivity index (χ0n) is 17.7. The number of methoxy groups -OCH3 is 2. The smallest absolute Gasteiger partial charge is 0.339 e. The summed E-state index contributed by atoms with van der Waals surface area (Å²) >= 11 is 3.39. The summed E-state index contributed by atoms with van der Waals surface area (Å²) < 4.78 is 22.1. The van der Waals surface area contributed by atoms with Crippen molar-refractivity contribution in [1.82, 2.24) is 0 Å². The molecule has 1 amide bonds. The first-order valence-electron chi connectivity index (χ1n) is 9.47. The quantitative estimate of drug-likeness (QED) is 0.522. The molecule has 0 bridgehead atoms. The summed E-state index contributed by atoms with van der Waals surface area (Å²) in [5.74, 6) is 0.291. The van der Waals surface area contributed by atoms with Gasteiger partial charge in [-0.05, 0) is 66.0 Å². The van der Waals surface area contributed by atoms with Crippen LogP contribution in [0.1, 0.15) is 36.2 Å². The lowest BCUT2D eigenvalue weighted by Gasteiger charge is -2.17. The van der Waals surface area contributed by atoms with E-state index in [0.29, 0.717) is 34.0 Å². The molecule has 0 aliphatic heterocycles. The lowest BCUT2D eigenvalue weighted by Crippen LogP contribution is -2.30. The lowest BCUT2D eigenvalue weighted by molar-refractivity contribution is -0.123. The number of nitrogens with one attached hydrogen (secondary N) is 1. The number of ether oxygens (including phenoxy) is 4. The summed E-state index contributed by atoms with van der Waals surface area (Å²) in [5.41, 5.74) is 1.70. The summed E-state index contributed by atoms with van der Waals surface area (Å²) in [6.45, 7) is 5.90. The third-order valence-corrected chi connectivity index (χ3v) is 4.77. The van der Waals surface area contributed by atoms with Crippen molar-refractivity contribution in [2.75, 3.05) is 26.1 Å². The number of rotatable bonds is 9. The van der Waals surface area contributed by atoms with Gasteiger partial charge in [-0.25, -0.2) is 4.79 Å². The number of carbonyl (C=O) groups excluding carboxylic acids is 2. The Bertz CT molecular complexity index is 915. The van der Waals surface area contributed by atoms with Gasteiger partial charge >= 0.3 is 5.97 Å². The molecule has 1 unspecified atom stereocenters. The summed E-state index contributed by atoms with van der Waals surface area (Å²) in [7, 11) is 3.00. The molecule has 7 nitrogen and oxygen atoms in total. The Morgan fingerprint density at radius 3 is 2.43 bits per heavy atom. The van der Waals surface area contributed by atoms with E-state index >= 15 is 0 Å². The van der Waals surface area contributed by atoms with E-state index in [1.807, 2.05) is 19.9 Å². The van der Waals surface area contributed by atoms with E-state index in [2.05, 4.69) is 21.2 Å². The molecule has 8 heteroatoms.